The molecule has 1 aliphatic carbocycles. The van der Waals surface area contributed by atoms with Crippen molar-refractivity contribution in [2.45, 2.75) is 69.2 Å². The molecule has 33 heavy (non-hydrogen) atoms. The average Bonchev–Trinajstić information content (AvgIpc) is 3.44. The number of likely N-dealkylation sites (tertiary alicyclic amines) is 2. The molecule has 1 spiro atoms. The van der Waals surface area contributed by atoms with Crippen molar-refractivity contribution in [3.63, 3.8) is 0 Å². The van der Waals surface area contributed by atoms with Crippen LogP contribution in [0.3, 0.4) is 0 Å². The molecule has 1 atom stereocenters. The molecule has 3 aliphatic rings. The first-order valence-electron chi connectivity index (χ1n) is 11.5. The van der Waals surface area contributed by atoms with Crippen LogP contribution in [0.5, 0.6) is 0 Å². The number of carbonyl (C=O) groups is 2. The normalized spacial score (nSPS) is 21.6. The molecule has 3 fully saturated rings. The summed E-state index contributed by atoms with van der Waals surface area (Å²) >= 11 is 0. The van der Waals surface area contributed by atoms with Gasteiger partial charge in [0.2, 0.25) is 0 Å². The fourth-order valence-electron chi connectivity index (χ4n) is 5.17. The van der Waals surface area contributed by atoms with E-state index in [0.717, 1.165) is 43.9 Å². The number of aromatic nitrogens is 2. The van der Waals surface area contributed by atoms with Crippen molar-refractivity contribution in [1.29, 1.82) is 0 Å². The highest BCUT2D eigenvalue weighted by molar-refractivity contribution is 5.96. The van der Waals surface area contributed by atoms with E-state index < -0.39 is 23.9 Å². The van der Waals surface area contributed by atoms with Gasteiger partial charge in [0.05, 0.1) is 5.69 Å². The fourth-order valence-corrected chi connectivity index (χ4v) is 5.17. The molecule has 2 aliphatic heterocycles. The van der Waals surface area contributed by atoms with Crippen LogP contribution in [0.2, 0.25) is 0 Å². The number of halogens is 3. The van der Waals surface area contributed by atoms with Crippen LogP contribution >= 0.6 is 0 Å². The van der Waals surface area contributed by atoms with Crippen LogP contribution < -0.4 is 0 Å². The number of ether oxygens (including phenoxy) is 1. The molecule has 0 aromatic carbocycles. The van der Waals surface area contributed by atoms with Gasteiger partial charge in [0, 0.05) is 37.3 Å². The molecule has 1 saturated carbocycles. The molecular formula is C23H27F3N4O3. The Kier molecular flexibility index (Phi) is 5.29. The van der Waals surface area contributed by atoms with Crippen molar-refractivity contribution in [2.24, 2.45) is 0 Å². The zero-order valence-corrected chi connectivity index (χ0v) is 18.5. The number of alkyl halides is 3. The molecule has 2 saturated heterocycles. The van der Waals surface area contributed by atoms with Crippen LogP contribution in [0.15, 0.2) is 24.4 Å². The first kappa shape index (κ1) is 22.0. The molecule has 0 radical (unpaired) electrons. The molecule has 10 heteroatoms. The average molecular weight is 464 g/mol. The number of hydrogen-bond acceptors (Lipinski definition) is 4. The summed E-state index contributed by atoms with van der Waals surface area (Å²) in [7, 11) is 0. The topological polar surface area (TPSA) is 67.2 Å². The van der Waals surface area contributed by atoms with Crippen LogP contribution in [-0.4, -0.2) is 68.6 Å². The third-order valence-corrected chi connectivity index (χ3v) is 7.26. The molecule has 4 heterocycles. The number of rotatable bonds is 3. The highest BCUT2D eigenvalue weighted by Gasteiger charge is 2.48. The highest BCUT2D eigenvalue weighted by atomic mass is 19.4. The van der Waals surface area contributed by atoms with Gasteiger partial charge >= 0.3 is 12.3 Å². The molecule has 2 aromatic heterocycles. The minimum absolute atomic E-state index is 0.0465. The first-order valence-corrected chi connectivity index (χ1v) is 11.5. The van der Waals surface area contributed by atoms with Gasteiger partial charge in [-0.25, -0.2) is 9.78 Å². The number of fused-ring (bicyclic) bond motifs is 1. The molecule has 0 bridgehead atoms. The van der Waals surface area contributed by atoms with Gasteiger partial charge < -0.3 is 14.5 Å². The maximum atomic E-state index is 13.9. The van der Waals surface area contributed by atoms with Crippen LogP contribution in [-0.2, 0) is 4.74 Å². The van der Waals surface area contributed by atoms with E-state index in [0.29, 0.717) is 31.0 Å². The van der Waals surface area contributed by atoms with Crippen molar-refractivity contribution in [2.75, 3.05) is 19.6 Å². The Labute approximate surface area is 189 Å². The summed E-state index contributed by atoms with van der Waals surface area (Å²) in [5.41, 5.74) is 1.83. The Hall–Kier alpha value is -2.78. The van der Waals surface area contributed by atoms with E-state index in [9.17, 15) is 22.8 Å². The van der Waals surface area contributed by atoms with Crippen molar-refractivity contribution >= 4 is 17.6 Å². The zero-order valence-electron chi connectivity index (χ0n) is 18.5. The van der Waals surface area contributed by atoms with Crippen molar-refractivity contribution in [1.82, 2.24) is 19.2 Å². The largest absolute Gasteiger partial charge is 0.437 e. The zero-order chi connectivity index (χ0) is 23.4. The Balaban J connectivity index is 1.34. The van der Waals surface area contributed by atoms with E-state index in [1.54, 1.807) is 0 Å². The van der Waals surface area contributed by atoms with Gasteiger partial charge in [0.15, 0.2) is 6.10 Å². The summed E-state index contributed by atoms with van der Waals surface area (Å²) in [6.07, 6.45) is -1.06. The molecule has 2 amide bonds. The summed E-state index contributed by atoms with van der Waals surface area (Å²) in [6, 6.07) is 5.68. The third-order valence-electron chi connectivity index (χ3n) is 7.26. The predicted octanol–water partition coefficient (Wildman–Crippen LogP) is 4.37. The Morgan fingerprint density at radius 2 is 1.88 bits per heavy atom. The molecule has 1 unspecified atom stereocenters. The first-order chi connectivity index (χ1) is 15.7. The summed E-state index contributed by atoms with van der Waals surface area (Å²) in [5, 5.41) is 0. The molecule has 0 N–H and O–H groups in total. The third kappa shape index (κ3) is 3.93. The van der Waals surface area contributed by atoms with Gasteiger partial charge in [-0.1, -0.05) is 6.07 Å². The standard InChI is InChI=1S/C23H27F3N4O3/c1-15(23(24,25)26)33-21(32)28-13-9-22(10-14-28)8-4-12-30(22)20(31)19-18(16-6-7-16)27-17-5-2-3-11-29(17)19/h2-3,5,11,15-16H,4,6-10,12-14H2,1H3. The van der Waals surface area contributed by atoms with Crippen molar-refractivity contribution in [3.05, 3.63) is 35.8 Å². The molecule has 5 rings (SSSR count). The van der Waals surface area contributed by atoms with Crippen molar-refractivity contribution in [3.8, 4) is 0 Å². The fraction of sp³-hybridized carbons (Fsp3) is 0.609. The summed E-state index contributed by atoms with van der Waals surface area (Å²) in [6.45, 7) is 1.97. The second kappa shape index (κ2) is 7.92. The van der Waals surface area contributed by atoms with Crippen LogP contribution in [0.25, 0.3) is 5.65 Å². The van der Waals surface area contributed by atoms with Gasteiger partial charge in [0.1, 0.15) is 11.3 Å². The number of piperidine rings is 1. The van der Waals surface area contributed by atoms with Crippen molar-refractivity contribution < 1.29 is 27.5 Å². The lowest BCUT2D eigenvalue weighted by molar-refractivity contribution is -0.200. The van der Waals surface area contributed by atoms with Gasteiger partial charge in [-0.2, -0.15) is 13.2 Å². The van der Waals surface area contributed by atoms with Gasteiger partial charge in [-0.3, -0.25) is 9.20 Å². The minimum Gasteiger partial charge on any atom is -0.437 e. The number of amides is 2. The number of nitrogens with zero attached hydrogens (tertiary/aromatic N) is 4. The summed E-state index contributed by atoms with van der Waals surface area (Å²) in [5.74, 6) is 0.268. The second-order valence-corrected chi connectivity index (χ2v) is 9.39. The number of carbonyl (C=O) groups excluding carboxylic acids is 2. The SMILES string of the molecule is CC(OC(=O)N1CCC2(CCCN2C(=O)c2c(C3CC3)nc3ccccn23)CC1)C(F)(F)F. The van der Waals surface area contributed by atoms with E-state index >= 15 is 0 Å². The Morgan fingerprint density at radius 3 is 2.55 bits per heavy atom. The lowest BCUT2D eigenvalue weighted by Gasteiger charge is -2.44. The van der Waals surface area contributed by atoms with Gasteiger partial charge in [0.25, 0.3) is 5.91 Å². The monoisotopic (exact) mass is 464 g/mol. The van der Waals surface area contributed by atoms with E-state index in [1.807, 2.05) is 33.7 Å². The molecule has 7 nitrogen and oxygen atoms in total. The van der Waals surface area contributed by atoms with E-state index in [-0.39, 0.29) is 19.0 Å². The van der Waals surface area contributed by atoms with E-state index in [2.05, 4.69) is 4.74 Å². The second-order valence-electron chi connectivity index (χ2n) is 9.39. The van der Waals surface area contributed by atoms with Gasteiger partial charge in [-0.05, 0) is 57.6 Å². The molecular weight excluding hydrogens is 437 g/mol. The quantitative estimate of drug-likeness (QED) is 0.677. The van der Waals surface area contributed by atoms with Gasteiger partial charge in [-0.15, -0.1) is 0 Å². The summed E-state index contributed by atoms with van der Waals surface area (Å²) in [4.78, 5) is 34.1. The Bertz CT molecular complexity index is 1070. The minimum atomic E-state index is -4.59. The summed E-state index contributed by atoms with van der Waals surface area (Å²) < 4.78 is 44.7. The maximum absolute atomic E-state index is 13.9. The van der Waals surface area contributed by atoms with Crippen LogP contribution in [0, 0.1) is 0 Å². The highest BCUT2D eigenvalue weighted by Crippen LogP contribution is 2.44. The van der Waals surface area contributed by atoms with Crippen LogP contribution in [0.4, 0.5) is 18.0 Å². The Morgan fingerprint density at radius 1 is 1.15 bits per heavy atom. The predicted molar refractivity (Wildman–Crippen MR) is 113 cm³/mol. The molecule has 2 aromatic rings. The van der Waals surface area contributed by atoms with E-state index in [1.165, 1.54) is 4.90 Å². The molecule has 178 valence electrons. The number of imidazole rings is 1. The lowest BCUT2D eigenvalue weighted by atomic mass is 9.85. The van der Waals surface area contributed by atoms with Crippen LogP contribution in [0.1, 0.15) is 67.5 Å². The van der Waals surface area contributed by atoms with E-state index in [4.69, 9.17) is 4.98 Å². The lowest BCUT2D eigenvalue weighted by Crippen LogP contribution is -2.55. The number of pyridine rings is 1. The number of hydrogen-bond donors (Lipinski definition) is 0. The smallest absolute Gasteiger partial charge is 0.425 e. The maximum Gasteiger partial charge on any atom is 0.425 e.